The number of rotatable bonds is 5. The molecule has 0 atom stereocenters. The third kappa shape index (κ3) is 5.22. The standard InChI is InChI=1S/C17H17BrN2O3/c18-14-6-3-13(4-7-14)5-8-16(22)23-11-15(21)20-17(12-19)9-1-2-10-17/h3-8H,1-2,9-11H2,(H,20,21)/b8-5+. The maximum absolute atomic E-state index is 11.8. The summed E-state index contributed by atoms with van der Waals surface area (Å²) in [7, 11) is 0. The van der Waals surface area contributed by atoms with Gasteiger partial charge < -0.3 is 10.1 Å². The average molecular weight is 377 g/mol. The Bertz CT molecular complexity index is 641. The Labute approximate surface area is 143 Å². The molecule has 1 aromatic rings. The first-order valence-corrected chi connectivity index (χ1v) is 8.15. The van der Waals surface area contributed by atoms with Crippen LogP contribution in [0.25, 0.3) is 6.08 Å². The number of amides is 1. The normalized spacial score (nSPS) is 16.0. The van der Waals surface area contributed by atoms with Gasteiger partial charge in [0.15, 0.2) is 6.61 Å². The molecule has 1 aromatic carbocycles. The summed E-state index contributed by atoms with van der Waals surface area (Å²) < 4.78 is 5.84. The van der Waals surface area contributed by atoms with E-state index >= 15 is 0 Å². The summed E-state index contributed by atoms with van der Waals surface area (Å²) in [6, 6.07) is 9.57. The highest BCUT2D eigenvalue weighted by atomic mass is 79.9. The van der Waals surface area contributed by atoms with Crippen LogP contribution in [0.4, 0.5) is 0 Å². The third-order valence-corrected chi connectivity index (χ3v) is 4.21. The fourth-order valence-corrected chi connectivity index (χ4v) is 2.73. The summed E-state index contributed by atoms with van der Waals surface area (Å²) in [6.45, 7) is -0.382. The topological polar surface area (TPSA) is 79.2 Å². The second-order valence-electron chi connectivity index (χ2n) is 5.44. The minimum atomic E-state index is -0.795. The third-order valence-electron chi connectivity index (χ3n) is 3.68. The van der Waals surface area contributed by atoms with Crippen molar-refractivity contribution in [3.05, 3.63) is 40.4 Å². The minimum Gasteiger partial charge on any atom is -0.452 e. The van der Waals surface area contributed by atoms with Crippen LogP contribution in [0.15, 0.2) is 34.8 Å². The molecule has 0 bridgehead atoms. The Balaban J connectivity index is 1.78. The second kappa shape index (κ2) is 7.93. The van der Waals surface area contributed by atoms with Crippen LogP contribution in [0, 0.1) is 11.3 Å². The summed E-state index contributed by atoms with van der Waals surface area (Å²) in [5.74, 6) is -1.04. The summed E-state index contributed by atoms with van der Waals surface area (Å²) in [6.07, 6.45) is 6.01. The lowest BCUT2D eigenvalue weighted by molar-refractivity contribution is -0.144. The van der Waals surface area contributed by atoms with Gasteiger partial charge in [0.05, 0.1) is 6.07 Å². The SMILES string of the molecule is N#CC1(NC(=O)COC(=O)/C=C/c2ccc(Br)cc2)CCCC1. The minimum absolute atomic E-state index is 0.382. The van der Waals surface area contributed by atoms with Gasteiger partial charge in [0, 0.05) is 10.5 Å². The average Bonchev–Trinajstić information content (AvgIpc) is 3.01. The number of ether oxygens (including phenoxy) is 1. The van der Waals surface area contributed by atoms with E-state index in [0.29, 0.717) is 12.8 Å². The zero-order valence-electron chi connectivity index (χ0n) is 12.5. The summed E-state index contributed by atoms with van der Waals surface area (Å²) >= 11 is 3.33. The maximum Gasteiger partial charge on any atom is 0.331 e. The van der Waals surface area contributed by atoms with Crippen molar-refractivity contribution in [1.82, 2.24) is 5.32 Å². The monoisotopic (exact) mass is 376 g/mol. The predicted molar refractivity (Wildman–Crippen MR) is 89.1 cm³/mol. The van der Waals surface area contributed by atoms with Crippen LogP contribution in [0.5, 0.6) is 0 Å². The molecule has 2 rings (SSSR count). The number of carbonyl (C=O) groups is 2. The van der Waals surface area contributed by atoms with Crippen LogP contribution in [-0.4, -0.2) is 24.0 Å². The molecule has 0 heterocycles. The van der Waals surface area contributed by atoms with Crippen molar-refractivity contribution in [3.8, 4) is 6.07 Å². The number of nitrogens with zero attached hydrogens (tertiary/aromatic N) is 1. The van der Waals surface area contributed by atoms with Gasteiger partial charge in [-0.3, -0.25) is 4.79 Å². The van der Waals surface area contributed by atoms with E-state index in [1.165, 1.54) is 6.08 Å². The van der Waals surface area contributed by atoms with Gasteiger partial charge in [0.1, 0.15) is 5.54 Å². The summed E-state index contributed by atoms with van der Waals surface area (Å²) in [4.78, 5) is 23.4. The molecule has 1 aliphatic rings. The molecule has 0 aliphatic heterocycles. The zero-order chi connectivity index (χ0) is 16.7. The molecular weight excluding hydrogens is 360 g/mol. The van der Waals surface area contributed by atoms with E-state index in [-0.39, 0.29) is 6.61 Å². The molecule has 1 saturated carbocycles. The molecule has 23 heavy (non-hydrogen) atoms. The van der Waals surface area contributed by atoms with Gasteiger partial charge in [-0.25, -0.2) is 4.79 Å². The molecule has 120 valence electrons. The summed E-state index contributed by atoms with van der Waals surface area (Å²) in [5, 5.41) is 11.9. The molecule has 0 saturated heterocycles. The highest BCUT2D eigenvalue weighted by Crippen LogP contribution is 2.28. The molecule has 0 spiro atoms. The van der Waals surface area contributed by atoms with Gasteiger partial charge in [0.25, 0.3) is 5.91 Å². The molecule has 1 amide bonds. The van der Waals surface area contributed by atoms with Gasteiger partial charge in [-0.1, -0.05) is 28.1 Å². The van der Waals surface area contributed by atoms with Crippen molar-refractivity contribution < 1.29 is 14.3 Å². The van der Waals surface area contributed by atoms with Crippen LogP contribution in [0.2, 0.25) is 0 Å². The Morgan fingerprint density at radius 2 is 1.96 bits per heavy atom. The number of halogens is 1. The molecule has 1 N–H and O–H groups in total. The van der Waals surface area contributed by atoms with Crippen molar-refractivity contribution in [3.63, 3.8) is 0 Å². The Kier molecular flexibility index (Phi) is 5.94. The fourth-order valence-electron chi connectivity index (χ4n) is 2.47. The highest BCUT2D eigenvalue weighted by Gasteiger charge is 2.35. The Morgan fingerprint density at radius 3 is 2.57 bits per heavy atom. The summed E-state index contributed by atoms with van der Waals surface area (Å²) in [5.41, 5.74) is 0.0560. The number of esters is 1. The number of nitriles is 1. The lowest BCUT2D eigenvalue weighted by atomic mass is 10.00. The van der Waals surface area contributed by atoms with Gasteiger partial charge in [0.2, 0.25) is 0 Å². The van der Waals surface area contributed by atoms with Gasteiger partial charge in [-0.05, 0) is 49.5 Å². The number of carbonyl (C=O) groups excluding carboxylic acids is 2. The fraction of sp³-hybridized carbons (Fsp3) is 0.353. The molecule has 0 aromatic heterocycles. The number of hydrogen-bond acceptors (Lipinski definition) is 4. The van der Waals surface area contributed by atoms with Crippen molar-refractivity contribution in [2.24, 2.45) is 0 Å². The Hall–Kier alpha value is -2.13. The Morgan fingerprint density at radius 1 is 1.30 bits per heavy atom. The quantitative estimate of drug-likeness (QED) is 0.632. The first-order valence-electron chi connectivity index (χ1n) is 7.36. The van der Waals surface area contributed by atoms with Crippen LogP contribution < -0.4 is 5.32 Å². The van der Waals surface area contributed by atoms with Gasteiger partial charge in [-0.15, -0.1) is 0 Å². The largest absolute Gasteiger partial charge is 0.452 e. The van der Waals surface area contributed by atoms with Crippen LogP contribution >= 0.6 is 15.9 Å². The van der Waals surface area contributed by atoms with E-state index in [1.807, 2.05) is 24.3 Å². The van der Waals surface area contributed by atoms with Crippen LogP contribution in [0.1, 0.15) is 31.2 Å². The van der Waals surface area contributed by atoms with E-state index in [2.05, 4.69) is 27.3 Å². The van der Waals surface area contributed by atoms with E-state index in [1.54, 1.807) is 6.08 Å². The van der Waals surface area contributed by atoms with Crippen LogP contribution in [-0.2, 0) is 14.3 Å². The lowest BCUT2D eigenvalue weighted by Crippen LogP contribution is -2.46. The lowest BCUT2D eigenvalue weighted by Gasteiger charge is -2.21. The second-order valence-corrected chi connectivity index (χ2v) is 6.36. The maximum atomic E-state index is 11.8. The molecule has 0 unspecified atom stereocenters. The van der Waals surface area contributed by atoms with E-state index < -0.39 is 17.4 Å². The molecule has 0 radical (unpaired) electrons. The first kappa shape index (κ1) is 17.2. The number of hydrogen-bond donors (Lipinski definition) is 1. The van der Waals surface area contributed by atoms with Crippen molar-refractivity contribution >= 4 is 33.9 Å². The molecule has 6 heteroatoms. The molecule has 1 fully saturated rings. The van der Waals surface area contributed by atoms with E-state index in [9.17, 15) is 14.9 Å². The molecule has 5 nitrogen and oxygen atoms in total. The molecular formula is C17H17BrN2O3. The smallest absolute Gasteiger partial charge is 0.331 e. The van der Waals surface area contributed by atoms with Crippen molar-refractivity contribution in [1.29, 1.82) is 5.26 Å². The van der Waals surface area contributed by atoms with Gasteiger partial charge >= 0.3 is 5.97 Å². The molecule has 1 aliphatic carbocycles. The number of nitrogens with one attached hydrogen (secondary N) is 1. The number of benzene rings is 1. The van der Waals surface area contributed by atoms with E-state index in [4.69, 9.17) is 4.74 Å². The van der Waals surface area contributed by atoms with Crippen molar-refractivity contribution in [2.45, 2.75) is 31.2 Å². The first-order chi connectivity index (χ1) is 11.0. The van der Waals surface area contributed by atoms with Crippen molar-refractivity contribution in [2.75, 3.05) is 6.61 Å². The predicted octanol–water partition coefficient (Wildman–Crippen LogP) is 2.96. The van der Waals surface area contributed by atoms with Crippen LogP contribution in [0.3, 0.4) is 0 Å². The van der Waals surface area contributed by atoms with E-state index in [0.717, 1.165) is 22.9 Å². The zero-order valence-corrected chi connectivity index (χ0v) is 14.1. The van der Waals surface area contributed by atoms with Gasteiger partial charge in [-0.2, -0.15) is 5.26 Å². The highest BCUT2D eigenvalue weighted by molar-refractivity contribution is 9.10.